The molecule has 1 aliphatic carbocycles. The average molecular weight is 791 g/mol. The van der Waals surface area contributed by atoms with Crippen molar-refractivity contribution in [1.29, 1.82) is 0 Å². The largest absolute Gasteiger partial charge is 0.456 e. The van der Waals surface area contributed by atoms with Crippen molar-refractivity contribution in [2.45, 2.75) is 5.41 Å². The van der Waals surface area contributed by atoms with E-state index < -0.39 is 5.41 Å². The molecule has 0 unspecified atom stereocenters. The first-order chi connectivity index (χ1) is 30.7. The fraction of sp³-hybridized carbons (Fsp3) is 0.0169. The number of nitrogens with zero attached hydrogens (tertiary/aromatic N) is 2. The smallest absolute Gasteiger partial charge is 0.160 e. The summed E-state index contributed by atoms with van der Waals surface area (Å²) in [5, 5.41) is 2.24. The van der Waals surface area contributed by atoms with Gasteiger partial charge in [-0.25, -0.2) is 9.97 Å². The highest BCUT2D eigenvalue weighted by atomic mass is 16.3. The molecule has 0 saturated heterocycles. The Bertz CT molecular complexity index is 3420. The van der Waals surface area contributed by atoms with Crippen molar-refractivity contribution in [3.63, 3.8) is 0 Å². The summed E-state index contributed by atoms with van der Waals surface area (Å²) >= 11 is 0. The molecule has 1 aliphatic rings. The molecule has 2 aromatic heterocycles. The summed E-state index contributed by atoms with van der Waals surface area (Å²) in [6.45, 7) is 0. The second kappa shape index (κ2) is 14.5. The zero-order valence-electron chi connectivity index (χ0n) is 33.7. The number of rotatable bonds is 7. The van der Waals surface area contributed by atoms with Crippen molar-refractivity contribution in [3.8, 4) is 67.3 Å². The van der Waals surface area contributed by atoms with Gasteiger partial charge < -0.3 is 4.42 Å². The molecule has 0 fully saturated rings. The fourth-order valence-corrected chi connectivity index (χ4v) is 9.79. The first kappa shape index (κ1) is 35.8. The van der Waals surface area contributed by atoms with E-state index in [1.807, 2.05) is 30.3 Å². The zero-order chi connectivity index (χ0) is 41.0. The van der Waals surface area contributed by atoms with Gasteiger partial charge in [-0.05, 0) is 92.0 Å². The molecule has 12 rings (SSSR count). The third-order valence-corrected chi connectivity index (χ3v) is 12.6. The van der Waals surface area contributed by atoms with E-state index in [4.69, 9.17) is 14.4 Å². The second-order valence-corrected chi connectivity index (χ2v) is 16.1. The maximum Gasteiger partial charge on any atom is 0.160 e. The van der Waals surface area contributed by atoms with E-state index in [2.05, 4.69) is 200 Å². The lowest BCUT2D eigenvalue weighted by molar-refractivity contribution is 0.669. The number of hydrogen-bond donors (Lipinski definition) is 0. The molecule has 0 aliphatic heterocycles. The maximum atomic E-state index is 6.18. The van der Waals surface area contributed by atoms with Crippen LogP contribution in [-0.2, 0) is 5.41 Å². The average Bonchev–Trinajstić information content (AvgIpc) is 3.88. The van der Waals surface area contributed by atoms with Crippen molar-refractivity contribution in [2.24, 2.45) is 0 Å². The van der Waals surface area contributed by atoms with Gasteiger partial charge in [0.1, 0.15) is 11.2 Å². The molecule has 0 radical (unpaired) electrons. The number of para-hydroxylation sites is 1. The Morgan fingerprint density at radius 3 is 1.55 bits per heavy atom. The van der Waals surface area contributed by atoms with Gasteiger partial charge in [-0.3, -0.25) is 0 Å². The quantitative estimate of drug-likeness (QED) is 0.161. The Kier molecular flexibility index (Phi) is 8.39. The molecule has 9 aromatic carbocycles. The van der Waals surface area contributed by atoms with Crippen LogP contribution in [0.4, 0.5) is 0 Å². The Morgan fingerprint density at radius 1 is 0.306 bits per heavy atom. The highest BCUT2D eigenvalue weighted by Crippen LogP contribution is 2.56. The fourth-order valence-electron chi connectivity index (χ4n) is 9.79. The molecular formula is C59H38N2O. The lowest BCUT2D eigenvalue weighted by atomic mass is 9.67. The zero-order valence-corrected chi connectivity index (χ0v) is 33.7. The lowest BCUT2D eigenvalue weighted by Gasteiger charge is -2.34. The summed E-state index contributed by atoms with van der Waals surface area (Å²) in [5.41, 5.74) is 18.1. The van der Waals surface area contributed by atoms with E-state index in [9.17, 15) is 0 Å². The molecule has 0 bridgehead atoms. The summed E-state index contributed by atoms with van der Waals surface area (Å²) in [7, 11) is 0. The van der Waals surface area contributed by atoms with Gasteiger partial charge in [-0.2, -0.15) is 0 Å². The van der Waals surface area contributed by atoms with Gasteiger partial charge in [0.2, 0.25) is 0 Å². The van der Waals surface area contributed by atoms with Crippen molar-refractivity contribution in [3.05, 3.63) is 253 Å². The standard InChI is InChI=1S/C59H38N2O/c1-4-17-39(18-5-1)58-60-54(42-20-16-19-40(35-42)46-25-10-11-26-47(46)41-32-34-57-51(36-41)50-28-13-15-30-56(50)62-57)38-55(61-58)43-31-33-49-48-27-12-14-29-52(48)59(53(49)37-43,44-21-6-2-7-22-44)45-23-8-3-9-24-45/h1-38H. The molecule has 2 heterocycles. The minimum atomic E-state index is -0.514. The van der Waals surface area contributed by atoms with E-state index in [0.717, 1.165) is 72.3 Å². The number of aromatic nitrogens is 2. The van der Waals surface area contributed by atoms with E-state index in [0.29, 0.717) is 5.82 Å². The minimum absolute atomic E-state index is 0.514. The molecule has 3 nitrogen and oxygen atoms in total. The molecule has 11 aromatic rings. The van der Waals surface area contributed by atoms with Crippen molar-refractivity contribution in [2.75, 3.05) is 0 Å². The summed E-state index contributed by atoms with van der Waals surface area (Å²) in [4.78, 5) is 10.6. The Morgan fingerprint density at radius 2 is 0.823 bits per heavy atom. The Balaban J connectivity index is 1.02. The van der Waals surface area contributed by atoms with Crippen LogP contribution in [0.3, 0.4) is 0 Å². The third kappa shape index (κ3) is 5.74. The SMILES string of the molecule is c1ccc(-c2nc(-c3cccc(-c4ccccc4-c4ccc5oc6ccccc6c5c4)c3)cc(-c3ccc4c(c3)C(c3ccccc3)(c3ccccc3)c3ccccc3-4)n2)cc1. The Labute approximate surface area is 360 Å². The molecule has 62 heavy (non-hydrogen) atoms. The van der Waals surface area contributed by atoms with Gasteiger partial charge in [-0.15, -0.1) is 0 Å². The van der Waals surface area contributed by atoms with E-state index >= 15 is 0 Å². The van der Waals surface area contributed by atoms with Gasteiger partial charge in [-0.1, -0.05) is 194 Å². The van der Waals surface area contributed by atoms with Crippen LogP contribution in [0.15, 0.2) is 235 Å². The van der Waals surface area contributed by atoms with E-state index in [-0.39, 0.29) is 0 Å². The number of furan rings is 1. The molecular weight excluding hydrogens is 753 g/mol. The Hall–Kier alpha value is -8.14. The van der Waals surface area contributed by atoms with Crippen LogP contribution >= 0.6 is 0 Å². The highest BCUT2D eigenvalue weighted by molar-refractivity contribution is 6.06. The van der Waals surface area contributed by atoms with Gasteiger partial charge in [0.25, 0.3) is 0 Å². The van der Waals surface area contributed by atoms with Crippen LogP contribution in [0.2, 0.25) is 0 Å². The van der Waals surface area contributed by atoms with Crippen LogP contribution in [-0.4, -0.2) is 9.97 Å². The summed E-state index contributed by atoms with van der Waals surface area (Å²) < 4.78 is 6.18. The molecule has 3 heteroatoms. The van der Waals surface area contributed by atoms with Crippen LogP contribution in [0.1, 0.15) is 22.3 Å². The molecule has 0 amide bonds. The summed E-state index contributed by atoms with van der Waals surface area (Å²) in [6.07, 6.45) is 0. The van der Waals surface area contributed by atoms with E-state index in [1.165, 1.54) is 33.4 Å². The minimum Gasteiger partial charge on any atom is -0.456 e. The number of benzene rings is 9. The lowest BCUT2D eigenvalue weighted by Crippen LogP contribution is -2.28. The van der Waals surface area contributed by atoms with E-state index in [1.54, 1.807) is 0 Å². The molecule has 290 valence electrons. The van der Waals surface area contributed by atoms with Crippen molar-refractivity contribution < 1.29 is 4.42 Å². The molecule has 0 saturated carbocycles. The molecule has 0 atom stereocenters. The second-order valence-electron chi connectivity index (χ2n) is 16.1. The van der Waals surface area contributed by atoms with Gasteiger partial charge in [0.05, 0.1) is 16.8 Å². The van der Waals surface area contributed by atoms with Gasteiger partial charge in [0.15, 0.2) is 5.82 Å². The highest BCUT2D eigenvalue weighted by Gasteiger charge is 2.46. The normalized spacial score (nSPS) is 12.6. The third-order valence-electron chi connectivity index (χ3n) is 12.6. The van der Waals surface area contributed by atoms with Crippen molar-refractivity contribution >= 4 is 21.9 Å². The molecule has 0 spiro atoms. The number of hydrogen-bond acceptors (Lipinski definition) is 3. The predicted molar refractivity (Wildman–Crippen MR) is 254 cm³/mol. The first-order valence-electron chi connectivity index (χ1n) is 21.1. The van der Waals surface area contributed by atoms with Crippen molar-refractivity contribution in [1.82, 2.24) is 9.97 Å². The summed E-state index contributed by atoms with van der Waals surface area (Å²) in [6, 6.07) is 82.3. The molecule has 0 N–H and O–H groups in total. The monoisotopic (exact) mass is 790 g/mol. The first-order valence-corrected chi connectivity index (χ1v) is 21.1. The van der Waals surface area contributed by atoms with Crippen LogP contribution in [0, 0.1) is 0 Å². The summed E-state index contributed by atoms with van der Waals surface area (Å²) in [5.74, 6) is 0.686. The predicted octanol–water partition coefficient (Wildman–Crippen LogP) is 15.1. The van der Waals surface area contributed by atoms with Gasteiger partial charge >= 0.3 is 0 Å². The van der Waals surface area contributed by atoms with Crippen LogP contribution in [0.5, 0.6) is 0 Å². The number of fused-ring (bicyclic) bond motifs is 6. The van der Waals surface area contributed by atoms with Crippen LogP contribution < -0.4 is 0 Å². The maximum absolute atomic E-state index is 6.18. The topological polar surface area (TPSA) is 38.9 Å². The van der Waals surface area contributed by atoms with Gasteiger partial charge in [0, 0.05) is 27.5 Å². The van der Waals surface area contributed by atoms with Crippen LogP contribution in [0.25, 0.3) is 89.2 Å².